The predicted octanol–water partition coefficient (Wildman–Crippen LogP) is 2.52. The first kappa shape index (κ1) is 9.97. The minimum Gasteiger partial charge on any atom is -0.465 e. The van der Waals surface area contributed by atoms with Crippen LogP contribution in [-0.2, 0) is 9.53 Å². The summed E-state index contributed by atoms with van der Waals surface area (Å²) in [5.41, 5.74) is 1.02. The maximum atomic E-state index is 11.7. The Balaban J connectivity index is 2.31. The topological polar surface area (TPSA) is 26.3 Å². The van der Waals surface area contributed by atoms with E-state index < -0.39 is 0 Å². The molecule has 78 valence electrons. The second-order valence-corrected chi connectivity index (χ2v) is 3.74. The molecule has 0 saturated carbocycles. The molecular formula is C13H14O2. The zero-order chi connectivity index (χ0) is 10.7. The summed E-state index contributed by atoms with van der Waals surface area (Å²) in [6.45, 7) is 4.30. The highest BCUT2D eigenvalue weighted by Gasteiger charge is 2.32. The van der Waals surface area contributed by atoms with Gasteiger partial charge in [0.25, 0.3) is 0 Å². The molecule has 1 saturated heterocycles. The van der Waals surface area contributed by atoms with Gasteiger partial charge in [0.1, 0.15) is 0 Å². The van der Waals surface area contributed by atoms with E-state index in [-0.39, 0.29) is 17.8 Å². The van der Waals surface area contributed by atoms with Crippen molar-refractivity contribution in [3.05, 3.63) is 48.6 Å². The lowest BCUT2D eigenvalue weighted by Gasteiger charge is -2.28. The van der Waals surface area contributed by atoms with Gasteiger partial charge in [-0.2, -0.15) is 0 Å². The number of allylic oxidation sites excluding steroid dienone is 1. The van der Waals surface area contributed by atoms with E-state index in [1.165, 1.54) is 0 Å². The lowest BCUT2D eigenvalue weighted by atomic mass is 9.83. The van der Waals surface area contributed by atoms with Crippen LogP contribution < -0.4 is 0 Å². The number of hydrogen-bond donors (Lipinski definition) is 0. The normalized spacial score (nSPS) is 25.7. The fourth-order valence-electron chi connectivity index (χ4n) is 2.02. The van der Waals surface area contributed by atoms with Gasteiger partial charge < -0.3 is 4.74 Å². The Morgan fingerprint density at radius 3 is 2.73 bits per heavy atom. The fraction of sp³-hybridized carbons (Fsp3) is 0.308. The molecule has 2 nitrogen and oxygen atoms in total. The lowest BCUT2D eigenvalue weighted by Crippen LogP contribution is -2.29. The standard InChI is InChI=1S/C13H14O2/c1-2-10-8-9-15-13(14)12(10)11-6-4-3-5-7-11/h2-7,10,12H,1,8-9H2/t10-,12-/m1/s1. The zero-order valence-corrected chi connectivity index (χ0v) is 8.56. The summed E-state index contributed by atoms with van der Waals surface area (Å²) in [5, 5.41) is 0. The van der Waals surface area contributed by atoms with Crippen molar-refractivity contribution in [3.63, 3.8) is 0 Å². The highest BCUT2D eigenvalue weighted by Crippen LogP contribution is 2.32. The molecule has 2 heteroatoms. The summed E-state index contributed by atoms with van der Waals surface area (Å²) in [6.07, 6.45) is 2.73. The molecule has 1 fully saturated rings. The van der Waals surface area contributed by atoms with Crippen molar-refractivity contribution >= 4 is 5.97 Å². The van der Waals surface area contributed by atoms with Gasteiger partial charge in [0.2, 0.25) is 0 Å². The minimum absolute atomic E-state index is 0.127. The van der Waals surface area contributed by atoms with Gasteiger partial charge in [0.15, 0.2) is 0 Å². The second kappa shape index (κ2) is 4.30. The van der Waals surface area contributed by atoms with Crippen molar-refractivity contribution in [3.8, 4) is 0 Å². The number of cyclic esters (lactones) is 1. The largest absolute Gasteiger partial charge is 0.465 e. The van der Waals surface area contributed by atoms with E-state index in [4.69, 9.17) is 4.74 Å². The molecule has 1 aromatic carbocycles. The van der Waals surface area contributed by atoms with E-state index in [9.17, 15) is 4.79 Å². The van der Waals surface area contributed by atoms with E-state index in [1.54, 1.807) is 0 Å². The average Bonchev–Trinajstić information content (AvgIpc) is 2.29. The molecule has 0 aliphatic carbocycles. The Morgan fingerprint density at radius 1 is 1.33 bits per heavy atom. The van der Waals surface area contributed by atoms with Crippen LogP contribution >= 0.6 is 0 Å². The Morgan fingerprint density at radius 2 is 2.07 bits per heavy atom. The number of benzene rings is 1. The summed E-state index contributed by atoms with van der Waals surface area (Å²) in [7, 11) is 0. The fourth-order valence-corrected chi connectivity index (χ4v) is 2.02. The monoisotopic (exact) mass is 202 g/mol. The number of carbonyl (C=O) groups is 1. The maximum Gasteiger partial charge on any atom is 0.314 e. The van der Waals surface area contributed by atoms with Crippen LogP contribution in [0.3, 0.4) is 0 Å². The van der Waals surface area contributed by atoms with Crippen LogP contribution in [0.1, 0.15) is 17.9 Å². The van der Waals surface area contributed by atoms with E-state index >= 15 is 0 Å². The number of carbonyl (C=O) groups excluding carboxylic acids is 1. The van der Waals surface area contributed by atoms with Crippen molar-refractivity contribution in [1.29, 1.82) is 0 Å². The van der Waals surface area contributed by atoms with Gasteiger partial charge in [-0.15, -0.1) is 6.58 Å². The van der Waals surface area contributed by atoms with Crippen molar-refractivity contribution in [1.82, 2.24) is 0 Å². The number of hydrogen-bond acceptors (Lipinski definition) is 2. The van der Waals surface area contributed by atoms with Crippen LogP contribution in [-0.4, -0.2) is 12.6 Å². The molecule has 0 bridgehead atoms. The van der Waals surface area contributed by atoms with Crippen LogP contribution in [0, 0.1) is 5.92 Å². The van der Waals surface area contributed by atoms with Gasteiger partial charge in [0.05, 0.1) is 12.5 Å². The molecule has 1 aromatic rings. The molecular weight excluding hydrogens is 188 g/mol. The van der Waals surface area contributed by atoms with E-state index in [1.807, 2.05) is 36.4 Å². The van der Waals surface area contributed by atoms with Crippen LogP contribution in [0.4, 0.5) is 0 Å². The van der Waals surface area contributed by atoms with Crippen LogP contribution in [0.2, 0.25) is 0 Å². The molecule has 15 heavy (non-hydrogen) atoms. The van der Waals surface area contributed by atoms with Crippen LogP contribution in [0.15, 0.2) is 43.0 Å². The average molecular weight is 202 g/mol. The quantitative estimate of drug-likeness (QED) is 0.544. The minimum atomic E-state index is -0.169. The molecule has 0 radical (unpaired) electrons. The second-order valence-electron chi connectivity index (χ2n) is 3.74. The van der Waals surface area contributed by atoms with Gasteiger partial charge in [-0.3, -0.25) is 4.79 Å². The van der Waals surface area contributed by atoms with Gasteiger partial charge in [0, 0.05) is 0 Å². The summed E-state index contributed by atoms with van der Waals surface area (Å²) in [4.78, 5) is 11.7. The molecule has 2 rings (SSSR count). The Kier molecular flexibility index (Phi) is 2.86. The molecule has 0 spiro atoms. The predicted molar refractivity (Wildman–Crippen MR) is 58.4 cm³/mol. The third-order valence-corrected chi connectivity index (χ3v) is 2.84. The van der Waals surface area contributed by atoms with Crippen LogP contribution in [0.5, 0.6) is 0 Å². The molecule has 0 aromatic heterocycles. The van der Waals surface area contributed by atoms with E-state index in [0.717, 1.165) is 12.0 Å². The third-order valence-electron chi connectivity index (χ3n) is 2.84. The first-order valence-corrected chi connectivity index (χ1v) is 5.17. The van der Waals surface area contributed by atoms with Crippen molar-refractivity contribution in [2.45, 2.75) is 12.3 Å². The third kappa shape index (κ3) is 1.94. The van der Waals surface area contributed by atoms with Gasteiger partial charge in [-0.25, -0.2) is 0 Å². The molecule has 0 unspecified atom stereocenters. The number of rotatable bonds is 2. The molecule has 2 atom stereocenters. The molecule has 1 heterocycles. The van der Waals surface area contributed by atoms with E-state index in [0.29, 0.717) is 6.61 Å². The summed E-state index contributed by atoms with van der Waals surface area (Å²) in [6, 6.07) is 9.76. The van der Waals surface area contributed by atoms with Crippen molar-refractivity contribution in [2.75, 3.05) is 6.61 Å². The maximum absolute atomic E-state index is 11.7. The first-order valence-electron chi connectivity index (χ1n) is 5.17. The van der Waals surface area contributed by atoms with Crippen molar-refractivity contribution < 1.29 is 9.53 Å². The summed E-state index contributed by atoms with van der Waals surface area (Å²) in [5.74, 6) is -0.0940. The lowest BCUT2D eigenvalue weighted by molar-refractivity contribution is -0.150. The Bertz CT molecular complexity index is 356. The molecule has 0 amide bonds. The smallest absolute Gasteiger partial charge is 0.314 e. The van der Waals surface area contributed by atoms with Gasteiger partial charge >= 0.3 is 5.97 Å². The first-order chi connectivity index (χ1) is 7.33. The summed E-state index contributed by atoms with van der Waals surface area (Å²) >= 11 is 0. The molecule has 1 aliphatic rings. The van der Waals surface area contributed by atoms with E-state index in [2.05, 4.69) is 6.58 Å². The highest BCUT2D eigenvalue weighted by atomic mass is 16.5. The van der Waals surface area contributed by atoms with Crippen LogP contribution in [0.25, 0.3) is 0 Å². The highest BCUT2D eigenvalue weighted by molar-refractivity contribution is 5.79. The Labute approximate surface area is 89.6 Å². The molecule has 1 aliphatic heterocycles. The summed E-state index contributed by atoms with van der Waals surface area (Å²) < 4.78 is 5.09. The number of ether oxygens (including phenoxy) is 1. The SMILES string of the molecule is C=C[C@@H]1CCOC(=O)[C@H]1c1ccccc1. The van der Waals surface area contributed by atoms with Gasteiger partial charge in [-0.1, -0.05) is 36.4 Å². The zero-order valence-electron chi connectivity index (χ0n) is 8.56. The number of esters is 1. The Hall–Kier alpha value is -1.57. The molecule has 0 N–H and O–H groups in total. The van der Waals surface area contributed by atoms with Gasteiger partial charge in [-0.05, 0) is 17.9 Å². The van der Waals surface area contributed by atoms with Crippen molar-refractivity contribution in [2.24, 2.45) is 5.92 Å².